The first kappa shape index (κ1) is 12.8. The molecule has 1 heterocycles. The average molecular weight is 307 g/mol. The van der Waals surface area contributed by atoms with Crippen LogP contribution in [0.5, 0.6) is 0 Å². The molecule has 0 atom stereocenters. The summed E-state index contributed by atoms with van der Waals surface area (Å²) in [7, 11) is 0. The molecule has 18 heavy (non-hydrogen) atoms. The summed E-state index contributed by atoms with van der Waals surface area (Å²) in [6, 6.07) is 8.54. The molecule has 3 nitrogen and oxygen atoms in total. The molecule has 0 unspecified atom stereocenters. The van der Waals surface area contributed by atoms with Crippen LogP contribution in [0.2, 0.25) is 0 Å². The highest BCUT2D eigenvalue weighted by molar-refractivity contribution is 9.10. The number of furan rings is 1. The van der Waals surface area contributed by atoms with Gasteiger partial charge in [-0.15, -0.1) is 0 Å². The third-order valence-electron chi connectivity index (χ3n) is 2.65. The molecule has 0 aliphatic carbocycles. The van der Waals surface area contributed by atoms with Gasteiger partial charge >= 0.3 is 0 Å². The Morgan fingerprint density at radius 2 is 1.78 bits per heavy atom. The molecule has 0 fully saturated rings. The Morgan fingerprint density at radius 1 is 1.11 bits per heavy atom. The van der Waals surface area contributed by atoms with Crippen LogP contribution in [0.15, 0.2) is 45.5 Å². The Labute approximate surface area is 113 Å². The first-order valence-electron chi connectivity index (χ1n) is 5.44. The van der Waals surface area contributed by atoms with Gasteiger partial charge in [-0.25, -0.2) is 0 Å². The van der Waals surface area contributed by atoms with E-state index < -0.39 is 0 Å². The van der Waals surface area contributed by atoms with Crippen molar-refractivity contribution in [2.24, 2.45) is 0 Å². The lowest BCUT2D eigenvalue weighted by Crippen LogP contribution is -2.08. The predicted molar refractivity (Wildman–Crippen MR) is 70.9 cm³/mol. The van der Waals surface area contributed by atoms with Gasteiger partial charge in [-0.3, -0.25) is 9.59 Å². The molecule has 0 bridgehead atoms. The summed E-state index contributed by atoms with van der Waals surface area (Å²) in [4.78, 5) is 23.8. The normalized spacial score (nSPS) is 10.3. The number of halogens is 1. The maximum Gasteiger partial charge on any atom is 0.174 e. The van der Waals surface area contributed by atoms with Gasteiger partial charge in [0.25, 0.3) is 0 Å². The number of benzene rings is 1. The van der Waals surface area contributed by atoms with E-state index in [9.17, 15) is 9.59 Å². The molecule has 0 N–H and O–H groups in total. The predicted octanol–water partition coefficient (Wildman–Crippen LogP) is 3.81. The van der Waals surface area contributed by atoms with E-state index in [4.69, 9.17) is 4.42 Å². The Balaban J connectivity index is 2.10. The van der Waals surface area contributed by atoms with Gasteiger partial charge < -0.3 is 4.42 Å². The van der Waals surface area contributed by atoms with Crippen molar-refractivity contribution in [3.05, 3.63) is 58.0 Å². The number of rotatable bonds is 4. The first-order valence-corrected chi connectivity index (χ1v) is 6.23. The fourth-order valence-electron chi connectivity index (χ4n) is 1.65. The standard InChI is InChI=1S/C14H11BrO3/c1-9-12(6-7-18-9)14(17)8-13(16)10-2-4-11(15)5-3-10/h2-7H,8H2,1H3. The van der Waals surface area contributed by atoms with E-state index in [1.54, 1.807) is 37.3 Å². The van der Waals surface area contributed by atoms with Crippen molar-refractivity contribution in [2.45, 2.75) is 13.3 Å². The van der Waals surface area contributed by atoms with Gasteiger partial charge in [-0.05, 0) is 25.1 Å². The number of aryl methyl sites for hydroxylation is 1. The van der Waals surface area contributed by atoms with Crippen LogP contribution in [-0.2, 0) is 0 Å². The molecule has 0 aliphatic heterocycles. The van der Waals surface area contributed by atoms with Crippen LogP contribution >= 0.6 is 15.9 Å². The first-order chi connectivity index (χ1) is 8.58. The molecule has 0 saturated carbocycles. The quantitative estimate of drug-likeness (QED) is 0.637. The lowest BCUT2D eigenvalue weighted by molar-refractivity contribution is 0.0893. The summed E-state index contributed by atoms with van der Waals surface area (Å²) in [5, 5.41) is 0. The molecular weight excluding hydrogens is 296 g/mol. The SMILES string of the molecule is Cc1occc1C(=O)CC(=O)c1ccc(Br)cc1. The maximum atomic E-state index is 11.9. The van der Waals surface area contributed by atoms with E-state index >= 15 is 0 Å². The van der Waals surface area contributed by atoms with Crippen LogP contribution in [0.3, 0.4) is 0 Å². The molecule has 2 aromatic rings. The van der Waals surface area contributed by atoms with Gasteiger partial charge in [0, 0.05) is 10.0 Å². The Hall–Kier alpha value is -1.68. The van der Waals surface area contributed by atoms with Crippen LogP contribution in [0.25, 0.3) is 0 Å². The van der Waals surface area contributed by atoms with Gasteiger partial charge in [0.05, 0.1) is 18.2 Å². The fraction of sp³-hybridized carbons (Fsp3) is 0.143. The third-order valence-corrected chi connectivity index (χ3v) is 3.18. The third kappa shape index (κ3) is 2.76. The number of hydrogen-bond acceptors (Lipinski definition) is 3. The summed E-state index contributed by atoms with van der Waals surface area (Å²) in [6.45, 7) is 1.71. The molecule has 2 rings (SSSR count). The number of carbonyl (C=O) groups is 2. The van der Waals surface area contributed by atoms with Crippen molar-refractivity contribution in [2.75, 3.05) is 0 Å². The van der Waals surface area contributed by atoms with Crippen LogP contribution in [0, 0.1) is 6.92 Å². The van der Waals surface area contributed by atoms with Gasteiger partial charge in [-0.2, -0.15) is 0 Å². The molecule has 0 amide bonds. The van der Waals surface area contributed by atoms with Gasteiger partial charge in [0.15, 0.2) is 11.6 Å². The smallest absolute Gasteiger partial charge is 0.174 e. The van der Waals surface area contributed by atoms with Crippen LogP contribution in [-0.4, -0.2) is 11.6 Å². The summed E-state index contributed by atoms with van der Waals surface area (Å²) in [5.74, 6) is 0.144. The second-order valence-corrected chi connectivity index (χ2v) is 4.84. The van der Waals surface area contributed by atoms with E-state index in [-0.39, 0.29) is 18.0 Å². The highest BCUT2D eigenvalue weighted by Crippen LogP contribution is 2.15. The van der Waals surface area contributed by atoms with Gasteiger partial charge in [0.2, 0.25) is 0 Å². The highest BCUT2D eigenvalue weighted by atomic mass is 79.9. The van der Waals surface area contributed by atoms with E-state index in [0.717, 1.165) is 4.47 Å². The van der Waals surface area contributed by atoms with Crippen LogP contribution in [0.4, 0.5) is 0 Å². The summed E-state index contributed by atoms with van der Waals surface area (Å²) >= 11 is 3.30. The molecule has 92 valence electrons. The summed E-state index contributed by atoms with van der Waals surface area (Å²) < 4.78 is 5.95. The monoisotopic (exact) mass is 306 g/mol. The van der Waals surface area contributed by atoms with Gasteiger partial charge in [0.1, 0.15) is 5.76 Å². The van der Waals surface area contributed by atoms with E-state index in [1.807, 2.05) is 0 Å². The van der Waals surface area contributed by atoms with Crippen molar-refractivity contribution in [1.29, 1.82) is 0 Å². The lowest BCUT2D eigenvalue weighted by atomic mass is 10.0. The van der Waals surface area contributed by atoms with Crippen LogP contribution in [0.1, 0.15) is 32.9 Å². The fourth-order valence-corrected chi connectivity index (χ4v) is 1.92. The number of carbonyl (C=O) groups excluding carboxylic acids is 2. The van der Waals surface area contributed by atoms with Crippen molar-refractivity contribution in [3.8, 4) is 0 Å². The molecule has 0 saturated heterocycles. The summed E-state index contributed by atoms with van der Waals surface area (Å²) in [5.41, 5.74) is 1.01. The largest absolute Gasteiger partial charge is 0.469 e. The minimum Gasteiger partial charge on any atom is -0.469 e. The number of ketones is 2. The molecule has 4 heteroatoms. The Bertz CT molecular complexity index is 581. The van der Waals surface area contributed by atoms with E-state index in [1.165, 1.54) is 6.26 Å². The zero-order valence-electron chi connectivity index (χ0n) is 9.77. The number of hydrogen-bond donors (Lipinski definition) is 0. The average Bonchev–Trinajstić information content (AvgIpc) is 2.76. The Kier molecular flexibility index (Phi) is 3.77. The van der Waals surface area contributed by atoms with Crippen molar-refractivity contribution in [3.63, 3.8) is 0 Å². The molecule has 1 aromatic carbocycles. The topological polar surface area (TPSA) is 47.3 Å². The molecule has 0 radical (unpaired) electrons. The molecule has 0 aliphatic rings. The maximum absolute atomic E-state index is 11.9. The lowest BCUT2D eigenvalue weighted by Gasteiger charge is -2.00. The molecule has 0 spiro atoms. The second kappa shape index (κ2) is 5.31. The van der Waals surface area contributed by atoms with Gasteiger partial charge in [-0.1, -0.05) is 28.1 Å². The molecular formula is C14H11BrO3. The zero-order chi connectivity index (χ0) is 13.1. The zero-order valence-corrected chi connectivity index (χ0v) is 11.4. The van der Waals surface area contributed by atoms with Crippen molar-refractivity contribution in [1.82, 2.24) is 0 Å². The van der Waals surface area contributed by atoms with Crippen molar-refractivity contribution >= 4 is 27.5 Å². The van der Waals surface area contributed by atoms with Crippen molar-refractivity contribution < 1.29 is 14.0 Å². The highest BCUT2D eigenvalue weighted by Gasteiger charge is 2.16. The summed E-state index contributed by atoms with van der Waals surface area (Å²) in [6.07, 6.45) is 1.31. The minimum absolute atomic E-state index is 0.137. The van der Waals surface area contributed by atoms with E-state index in [2.05, 4.69) is 15.9 Å². The van der Waals surface area contributed by atoms with E-state index in [0.29, 0.717) is 16.9 Å². The Morgan fingerprint density at radius 3 is 2.33 bits per heavy atom. The van der Waals surface area contributed by atoms with Crippen LogP contribution < -0.4 is 0 Å². The second-order valence-electron chi connectivity index (χ2n) is 3.92. The number of Topliss-reactive ketones (excluding diaryl/α,β-unsaturated/α-hetero) is 2. The molecule has 1 aromatic heterocycles. The minimum atomic E-state index is -0.214.